The lowest BCUT2D eigenvalue weighted by atomic mass is 10.0. The van der Waals surface area contributed by atoms with E-state index in [0.717, 1.165) is 16.8 Å². The molecule has 0 aliphatic rings. The largest absolute Gasteiger partial charge is 0.480 e. The predicted octanol–water partition coefficient (Wildman–Crippen LogP) is 1.53. The van der Waals surface area contributed by atoms with E-state index >= 15 is 0 Å². The molecule has 1 aromatic rings. The van der Waals surface area contributed by atoms with Crippen molar-refractivity contribution in [1.82, 2.24) is 0 Å². The minimum atomic E-state index is -0.968. The Morgan fingerprint density at radius 3 is 1.90 bits per heavy atom. The van der Waals surface area contributed by atoms with Gasteiger partial charge in [0.25, 0.3) is 0 Å². The number of aliphatic carboxylic acids is 2. The maximum absolute atomic E-state index is 10.7. The third kappa shape index (κ3) is 6.19. The molecule has 20 heavy (non-hydrogen) atoms. The summed E-state index contributed by atoms with van der Waals surface area (Å²) < 4.78 is 0. The van der Waals surface area contributed by atoms with E-state index in [1.165, 1.54) is 5.56 Å². The Kier molecular flexibility index (Phi) is 7.31. The Hall–Kier alpha value is -2.08. The zero-order valence-corrected chi connectivity index (χ0v) is 12.2. The molecule has 0 amide bonds. The first kappa shape index (κ1) is 17.9. The summed E-state index contributed by atoms with van der Waals surface area (Å²) in [5.41, 5.74) is 8.86. The van der Waals surface area contributed by atoms with Gasteiger partial charge >= 0.3 is 11.9 Å². The van der Waals surface area contributed by atoms with Crippen molar-refractivity contribution in [3.63, 3.8) is 0 Å². The summed E-state index contributed by atoms with van der Waals surface area (Å²) in [4.78, 5) is 20.0. The molecule has 0 bridgehead atoms. The normalized spacial score (nSPS) is 11.1. The zero-order chi connectivity index (χ0) is 15.9. The SMILES string of the molecule is Cc1cc(C)c(N[C@@H](C)C(=O)O)c(C)c1.NCC(=O)O. The highest BCUT2D eigenvalue weighted by molar-refractivity contribution is 5.77. The molecule has 1 rings (SSSR count). The van der Waals surface area contributed by atoms with E-state index in [1.54, 1.807) is 6.92 Å². The first-order valence-electron chi connectivity index (χ1n) is 6.18. The lowest BCUT2D eigenvalue weighted by Gasteiger charge is -2.16. The molecule has 0 heterocycles. The van der Waals surface area contributed by atoms with E-state index < -0.39 is 18.0 Å². The van der Waals surface area contributed by atoms with Crippen LogP contribution in [-0.4, -0.2) is 34.7 Å². The molecule has 6 nitrogen and oxygen atoms in total. The Bertz CT molecular complexity index is 463. The minimum Gasteiger partial charge on any atom is -0.480 e. The molecule has 0 saturated heterocycles. The summed E-state index contributed by atoms with van der Waals surface area (Å²) in [5.74, 6) is -1.81. The first-order valence-corrected chi connectivity index (χ1v) is 6.18. The molecule has 0 fully saturated rings. The van der Waals surface area contributed by atoms with Gasteiger partial charge in [-0.2, -0.15) is 0 Å². The zero-order valence-electron chi connectivity index (χ0n) is 12.2. The average molecular weight is 282 g/mol. The van der Waals surface area contributed by atoms with Crippen molar-refractivity contribution < 1.29 is 19.8 Å². The maximum atomic E-state index is 10.7. The Morgan fingerprint density at radius 2 is 1.60 bits per heavy atom. The lowest BCUT2D eigenvalue weighted by molar-refractivity contribution is -0.137. The molecule has 1 aromatic carbocycles. The summed E-state index contributed by atoms with van der Waals surface area (Å²) in [7, 11) is 0. The fourth-order valence-electron chi connectivity index (χ4n) is 1.69. The Balaban J connectivity index is 0.000000621. The van der Waals surface area contributed by atoms with Crippen LogP contribution >= 0.6 is 0 Å². The van der Waals surface area contributed by atoms with Gasteiger partial charge in [-0.3, -0.25) is 9.59 Å². The quantitative estimate of drug-likeness (QED) is 0.666. The molecule has 5 N–H and O–H groups in total. The number of benzene rings is 1. The van der Waals surface area contributed by atoms with E-state index in [9.17, 15) is 9.59 Å². The minimum absolute atomic E-state index is 0.278. The van der Waals surface area contributed by atoms with Gasteiger partial charge in [0.2, 0.25) is 0 Å². The molecular weight excluding hydrogens is 260 g/mol. The van der Waals surface area contributed by atoms with Crippen LogP contribution in [0.2, 0.25) is 0 Å². The lowest BCUT2D eigenvalue weighted by Crippen LogP contribution is -2.26. The van der Waals surface area contributed by atoms with Gasteiger partial charge in [-0.05, 0) is 38.8 Å². The summed E-state index contributed by atoms with van der Waals surface area (Å²) in [6.45, 7) is 7.36. The second-order valence-electron chi connectivity index (χ2n) is 4.58. The predicted molar refractivity (Wildman–Crippen MR) is 78.1 cm³/mol. The number of carboxylic acid groups (broad SMARTS) is 2. The molecule has 1 atom stereocenters. The van der Waals surface area contributed by atoms with Gasteiger partial charge < -0.3 is 21.3 Å². The molecule has 0 radical (unpaired) electrons. The van der Waals surface area contributed by atoms with Gasteiger partial charge in [0, 0.05) is 5.69 Å². The fourth-order valence-corrected chi connectivity index (χ4v) is 1.69. The molecule has 0 unspecified atom stereocenters. The third-order valence-electron chi connectivity index (χ3n) is 2.58. The molecule has 0 spiro atoms. The fraction of sp³-hybridized carbons (Fsp3) is 0.429. The third-order valence-corrected chi connectivity index (χ3v) is 2.58. The van der Waals surface area contributed by atoms with Gasteiger partial charge in [0.1, 0.15) is 6.04 Å². The highest BCUT2D eigenvalue weighted by Crippen LogP contribution is 2.22. The average Bonchev–Trinajstić information content (AvgIpc) is 2.33. The van der Waals surface area contributed by atoms with Gasteiger partial charge in [0.05, 0.1) is 6.54 Å². The van der Waals surface area contributed by atoms with E-state index in [1.807, 2.05) is 32.9 Å². The van der Waals surface area contributed by atoms with Crippen LogP contribution in [0.1, 0.15) is 23.6 Å². The van der Waals surface area contributed by atoms with Crippen molar-refractivity contribution in [2.75, 3.05) is 11.9 Å². The van der Waals surface area contributed by atoms with E-state index in [-0.39, 0.29) is 6.54 Å². The number of carboxylic acids is 2. The number of hydrogen-bond acceptors (Lipinski definition) is 4. The van der Waals surface area contributed by atoms with E-state index in [4.69, 9.17) is 10.2 Å². The highest BCUT2D eigenvalue weighted by Gasteiger charge is 2.12. The molecular formula is C14H22N2O4. The summed E-state index contributed by atoms with van der Waals surface area (Å²) in [5, 5.41) is 19.4. The van der Waals surface area contributed by atoms with Gasteiger partial charge in [-0.25, -0.2) is 0 Å². The van der Waals surface area contributed by atoms with E-state index in [2.05, 4.69) is 11.1 Å². The van der Waals surface area contributed by atoms with Crippen LogP contribution in [0.15, 0.2) is 12.1 Å². The van der Waals surface area contributed by atoms with Crippen LogP contribution in [0, 0.1) is 20.8 Å². The van der Waals surface area contributed by atoms with Crippen molar-refractivity contribution in [2.24, 2.45) is 5.73 Å². The van der Waals surface area contributed by atoms with Crippen LogP contribution < -0.4 is 11.1 Å². The molecule has 6 heteroatoms. The maximum Gasteiger partial charge on any atom is 0.325 e. The number of aryl methyl sites for hydroxylation is 3. The van der Waals surface area contributed by atoms with Gasteiger partial charge in [-0.1, -0.05) is 17.7 Å². The molecule has 0 aliphatic carbocycles. The number of nitrogens with one attached hydrogen (secondary N) is 1. The summed E-state index contributed by atoms with van der Waals surface area (Å²) in [6, 6.07) is 3.53. The summed E-state index contributed by atoms with van der Waals surface area (Å²) >= 11 is 0. The number of carbonyl (C=O) groups is 2. The van der Waals surface area contributed by atoms with Crippen LogP contribution in [0.3, 0.4) is 0 Å². The number of rotatable bonds is 4. The molecule has 0 saturated carbocycles. The van der Waals surface area contributed by atoms with Crippen LogP contribution in [0.25, 0.3) is 0 Å². The number of anilines is 1. The van der Waals surface area contributed by atoms with Crippen molar-refractivity contribution in [3.05, 3.63) is 28.8 Å². The van der Waals surface area contributed by atoms with Gasteiger partial charge in [0.15, 0.2) is 0 Å². The van der Waals surface area contributed by atoms with Crippen molar-refractivity contribution >= 4 is 17.6 Å². The Labute approximate surface area is 118 Å². The second kappa shape index (κ2) is 8.16. The van der Waals surface area contributed by atoms with Crippen molar-refractivity contribution in [1.29, 1.82) is 0 Å². The first-order chi connectivity index (χ1) is 9.18. The van der Waals surface area contributed by atoms with Crippen LogP contribution in [0.4, 0.5) is 5.69 Å². The van der Waals surface area contributed by atoms with E-state index in [0.29, 0.717) is 0 Å². The highest BCUT2D eigenvalue weighted by atomic mass is 16.4. The molecule has 0 aliphatic heterocycles. The topological polar surface area (TPSA) is 113 Å². The summed E-state index contributed by atoms with van der Waals surface area (Å²) in [6.07, 6.45) is 0. The Morgan fingerprint density at radius 1 is 1.20 bits per heavy atom. The monoisotopic (exact) mass is 282 g/mol. The number of nitrogens with two attached hydrogens (primary N) is 1. The molecule has 0 aromatic heterocycles. The number of hydrogen-bond donors (Lipinski definition) is 4. The smallest absolute Gasteiger partial charge is 0.325 e. The second-order valence-corrected chi connectivity index (χ2v) is 4.58. The molecule has 112 valence electrons. The standard InChI is InChI=1S/C12H17NO2.C2H5NO2/c1-7-5-8(2)11(9(3)6-7)13-10(4)12(14)15;3-1-2(4)5/h5-6,10,13H,1-4H3,(H,14,15);1,3H2,(H,4,5)/t10-;/m0./s1. The van der Waals surface area contributed by atoms with Crippen molar-refractivity contribution in [2.45, 2.75) is 33.7 Å². The van der Waals surface area contributed by atoms with Crippen LogP contribution in [0.5, 0.6) is 0 Å². The van der Waals surface area contributed by atoms with Crippen LogP contribution in [-0.2, 0) is 9.59 Å². The van der Waals surface area contributed by atoms with Crippen molar-refractivity contribution in [3.8, 4) is 0 Å². The van der Waals surface area contributed by atoms with Gasteiger partial charge in [-0.15, -0.1) is 0 Å².